The van der Waals surface area contributed by atoms with E-state index in [0.717, 1.165) is 19.3 Å². The highest BCUT2D eigenvalue weighted by atomic mass is 35.5. The summed E-state index contributed by atoms with van der Waals surface area (Å²) in [5, 5.41) is 3.30. The van der Waals surface area contributed by atoms with Crippen LogP contribution in [0.3, 0.4) is 0 Å². The Kier molecular flexibility index (Phi) is 4.44. The molecule has 22 heavy (non-hydrogen) atoms. The maximum absolute atomic E-state index is 13.8. The number of amides is 1. The number of aryl methyl sites for hydroxylation is 1. The molecule has 0 unspecified atom stereocenters. The van der Waals surface area contributed by atoms with Crippen LogP contribution in [0.25, 0.3) is 0 Å². The maximum Gasteiger partial charge on any atom is 0.225 e. The summed E-state index contributed by atoms with van der Waals surface area (Å²) >= 11 is 5.98. The Labute approximate surface area is 134 Å². The summed E-state index contributed by atoms with van der Waals surface area (Å²) in [7, 11) is 0. The van der Waals surface area contributed by atoms with Crippen molar-refractivity contribution in [3.8, 4) is 0 Å². The molecule has 0 radical (unpaired) electrons. The van der Waals surface area contributed by atoms with E-state index in [2.05, 4.69) is 17.4 Å². The van der Waals surface area contributed by atoms with Crippen LogP contribution in [-0.2, 0) is 17.6 Å². The molecule has 0 heterocycles. The summed E-state index contributed by atoms with van der Waals surface area (Å²) in [5.74, 6) is -0.639. The van der Waals surface area contributed by atoms with Gasteiger partial charge in [-0.1, -0.05) is 41.9 Å². The molecule has 1 aliphatic carbocycles. The molecule has 0 saturated heterocycles. The van der Waals surface area contributed by atoms with Crippen LogP contribution in [0, 0.1) is 5.82 Å². The van der Waals surface area contributed by atoms with Gasteiger partial charge in [0.2, 0.25) is 5.91 Å². The summed E-state index contributed by atoms with van der Waals surface area (Å²) < 4.78 is 13.8. The summed E-state index contributed by atoms with van der Waals surface area (Å²) in [5.41, 5.74) is 2.70. The molecule has 0 fully saturated rings. The molecule has 1 atom stereocenters. The summed E-state index contributed by atoms with van der Waals surface area (Å²) in [6.07, 6.45) is 2.96. The van der Waals surface area contributed by atoms with Gasteiger partial charge in [-0.05, 0) is 42.5 Å². The number of carbonyl (C=O) groups is 1. The summed E-state index contributed by atoms with van der Waals surface area (Å²) in [6, 6.07) is 12.6. The standard InChI is InChI=1S/C18H17ClFNO/c19-15-8-4-9-16(20)14(15)11-18(22)21-17-10-3-6-12-5-1-2-7-13(12)17/h1-2,4-5,7-9,17H,3,6,10-11H2,(H,21,22)/t17-/m1/s1. The quantitative estimate of drug-likeness (QED) is 0.902. The average Bonchev–Trinajstić information content (AvgIpc) is 2.51. The lowest BCUT2D eigenvalue weighted by molar-refractivity contribution is -0.121. The van der Waals surface area contributed by atoms with Crippen LogP contribution in [0.1, 0.15) is 35.6 Å². The third kappa shape index (κ3) is 3.14. The Balaban J connectivity index is 1.73. The second-order valence-corrected chi connectivity index (χ2v) is 6.00. The Morgan fingerprint density at radius 1 is 1.23 bits per heavy atom. The second-order valence-electron chi connectivity index (χ2n) is 5.59. The molecule has 0 bridgehead atoms. The van der Waals surface area contributed by atoms with Gasteiger partial charge in [-0.2, -0.15) is 0 Å². The van der Waals surface area contributed by atoms with Gasteiger partial charge < -0.3 is 5.32 Å². The van der Waals surface area contributed by atoms with Crippen LogP contribution < -0.4 is 5.32 Å². The molecule has 2 aromatic rings. The first-order valence-corrected chi connectivity index (χ1v) is 7.83. The number of nitrogens with one attached hydrogen (secondary N) is 1. The lowest BCUT2D eigenvalue weighted by Gasteiger charge is -2.26. The fraction of sp³-hybridized carbons (Fsp3) is 0.278. The first kappa shape index (κ1) is 15.0. The Bertz CT molecular complexity index is 681. The lowest BCUT2D eigenvalue weighted by atomic mass is 9.87. The van der Waals surface area contributed by atoms with Crippen LogP contribution in [0.5, 0.6) is 0 Å². The average molecular weight is 318 g/mol. The van der Waals surface area contributed by atoms with Crippen molar-refractivity contribution in [3.63, 3.8) is 0 Å². The smallest absolute Gasteiger partial charge is 0.225 e. The van der Waals surface area contributed by atoms with Gasteiger partial charge >= 0.3 is 0 Å². The molecule has 114 valence electrons. The molecule has 0 aromatic heterocycles. The predicted octanol–water partition coefficient (Wildman–Crippen LogP) is 4.22. The maximum atomic E-state index is 13.8. The molecule has 2 nitrogen and oxygen atoms in total. The van der Waals surface area contributed by atoms with Gasteiger partial charge in [-0.15, -0.1) is 0 Å². The Morgan fingerprint density at radius 3 is 2.86 bits per heavy atom. The van der Waals surface area contributed by atoms with E-state index >= 15 is 0 Å². The van der Waals surface area contributed by atoms with Crippen molar-refractivity contribution >= 4 is 17.5 Å². The summed E-state index contributed by atoms with van der Waals surface area (Å²) in [4.78, 5) is 12.3. The summed E-state index contributed by atoms with van der Waals surface area (Å²) in [6.45, 7) is 0. The number of halogens is 2. The number of rotatable bonds is 3. The fourth-order valence-corrected chi connectivity index (χ4v) is 3.24. The van der Waals surface area contributed by atoms with E-state index in [4.69, 9.17) is 11.6 Å². The molecular weight excluding hydrogens is 301 g/mol. The molecule has 0 saturated carbocycles. The van der Waals surface area contributed by atoms with E-state index in [1.54, 1.807) is 6.07 Å². The minimum atomic E-state index is -0.438. The number of carbonyl (C=O) groups excluding carboxylic acids is 1. The first-order chi connectivity index (χ1) is 10.6. The fourth-order valence-electron chi connectivity index (χ4n) is 3.01. The highest BCUT2D eigenvalue weighted by molar-refractivity contribution is 6.31. The van der Waals surface area contributed by atoms with Crippen LogP contribution in [0.15, 0.2) is 42.5 Å². The topological polar surface area (TPSA) is 29.1 Å². The molecular formula is C18H17ClFNO. The van der Waals surface area contributed by atoms with E-state index in [1.165, 1.54) is 23.3 Å². The number of hydrogen-bond acceptors (Lipinski definition) is 1. The van der Waals surface area contributed by atoms with Crippen molar-refractivity contribution in [1.29, 1.82) is 0 Å². The lowest BCUT2D eigenvalue weighted by Crippen LogP contribution is -2.32. The first-order valence-electron chi connectivity index (χ1n) is 7.45. The van der Waals surface area contributed by atoms with Crippen LogP contribution >= 0.6 is 11.6 Å². The molecule has 1 aliphatic rings. The Morgan fingerprint density at radius 2 is 2.05 bits per heavy atom. The molecule has 2 aromatic carbocycles. The van der Waals surface area contributed by atoms with Gasteiger partial charge in [-0.25, -0.2) is 4.39 Å². The van der Waals surface area contributed by atoms with Crippen LogP contribution in [0.2, 0.25) is 5.02 Å². The third-order valence-corrected chi connectivity index (χ3v) is 4.46. The highest BCUT2D eigenvalue weighted by Crippen LogP contribution is 2.29. The van der Waals surface area contributed by atoms with Crippen molar-refractivity contribution in [2.45, 2.75) is 31.7 Å². The predicted molar refractivity (Wildman–Crippen MR) is 85.4 cm³/mol. The number of benzene rings is 2. The SMILES string of the molecule is O=C(Cc1c(F)cccc1Cl)N[C@@H]1CCCc2ccccc21. The van der Waals surface area contributed by atoms with Crippen molar-refractivity contribution in [2.75, 3.05) is 0 Å². The third-order valence-electron chi connectivity index (χ3n) is 4.10. The van der Waals surface area contributed by atoms with Gasteiger partial charge in [0.1, 0.15) is 5.82 Å². The molecule has 0 aliphatic heterocycles. The minimum Gasteiger partial charge on any atom is -0.349 e. The number of hydrogen-bond donors (Lipinski definition) is 1. The van der Waals surface area contributed by atoms with Crippen molar-refractivity contribution < 1.29 is 9.18 Å². The molecule has 1 amide bonds. The van der Waals surface area contributed by atoms with E-state index in [1.807, 2.05) is 12.1 Å². The normalized spacial score (nSPS) is 16.9. The zero-order chi connectivity index (χ0) is 15.5. The van der Waals surface area contributed by atoms with Crippen molar-refractivity contribution in [2.24, 2.45) is 0 Å². The van der Waals surface area contributed by atoms with Gasteiger partial charge in [0.15, 0.2) is 0 Å². The highest BCUT2D eigenvalue weighted by Gasteiger charge is 2.22. The Hall–Kier alpha value is -1.87. The molecule has 4 heteroatoms. The largest absolute Gasteiger partial charge is 0.349 e. The molecule has 0 spiro atoms. The monoisotopic (exact) mass is 317 g/mol. The van der Waals surface area contributed by atoms with E-state index in [9.17, 15) is 9.18 Å². The van der Waals surface area contributed by atoms with E-state index < -0.39 is 5.82 Å². The zero-order valence-electron chi connectivity index (χ0n) is 12.1. The zero-order valence-corrected chi connectivity index (χ0v) is 12.9. The van der Waals surface area contributed by atoms with E-state index in [0.29, 0.717) is 5.02 Å². The van der Waals surface area contributed by atoms with Crippen LogP contribution in [0.4, 0.5) is 4.39 Å². The van der Waals surface area contributed by atoms with E-state index in [-0.39, 0.29) is 23.9 Å². The minimum absolute atomic E-state index is 0.00278. The van der Waals surface area contributed by atoms with Gasteiger partial charge in [0.05, 0.1) is 12.5 Å². The van der Waals surface area contributed by atoms with Crippen molar-refractivity contribution in [3.05, 3.63) is 70.0 Å². The van der Waals surface area contributed by atoms with Crippen LogP contribution in [-0.4, -0.2) is 5.91 Å². The van der Waals surface area contributed by atoms with Gasteiger partial charge in [0.25, 0.3) is 0 Å². The molecule has 1 N–H and O–H groups in total. The molecule has 3 rings (SSSR count). The number of fused-ring (bicyclic) bond motifs is 1. The van der Waals surface area contributed by atoms with Gasteiger partial charge in [-0.3, -0.25) is 4.79 Å². The van der Waals surface area contributed by atoms with Crippen molar-refractivity contribution in [1.82, 2.24) is 5.32 Å². The second kappa shape index (κ2) is 6.49. The van der Waals surface area contributed by atoms with Gasteiger partial charge in [0, 0.05) is 10.6 Å².